The molecule has 0 fully saturated rings. The lowest BCUT2D eigenvalue weighted by molar-refractivity contribution is 1.53. The molecule has 0 N–H and O–H groups in total. The van der Waals surface area contributed by atoms with Gasteiger partial charge in [-0.15, -0.1) is 5.73 Å². The molecule has 0 spiro atoms. The van der Waals surface area contributed by atoms with Gasteiger partial charge in [0.15, 0.2) is 0 Å². The molecule has 0 aliphatic rings. The van der Waals surface area contributed by atoms with Crippen LogP contribution in [0.3, 0.4) is 0 Å². The largest absolute Gasteiger partial charge is 0.193 e. The fourth-order valence-electron chi connectivity index (χ4n) is 0.232. The summed E-state index contributed by atoms with van der Waals surface area (Å²) in [6, 6.07) is 3.56. The first-order valence-electron chi connectivity index (χ1n) is 2.27. The number of nitrogens with zero attached hydrogens (tertiary/aromatic N) is 2. The second-order valence-corrected chi connectivity index (χ2v) is 1.09. The van der Waals surface area contributed by atoms with Crippen molar-refractivity contribution in [1.29, 1.82) is 10.5 Å². The lowest BCUT2D eigenvalue weighted by Crippen LogP contribution is -1.44. The quantitative estimate of drug-likeness (QED) is 0.294. The monoisotopic (exact) mass is 116 g/mol. The fraction of sp³-hybridized carbons (Fsp3) is 0. The normalized spacial score (nSPS) is 6.89. The average molecular weight is 116 g/mol. The minimum Gasteiger partial charge on any atom is -0.193 e. The van der Waals surface area contributed by atoms with Crippen molar-refractivity contribution in [2.45, 2.75) is 0 Å². The minimum atomic E-state index is 1.21. The summed E-state index contributed by atoms with van der Waals surface area (Å²) in [7, 11) is 0. The zero-order chi connectivity index (χ0) is 6.95. The van der Waals surface area contributed by atoms with Crippen LogP contribution in [-0.4, -0.2) is 0 Å². The molecule has 0 bridgehead atoms. The second kappa shape index (κ2) is 6.24. The predicted molar refractivity (Wildman–Crippen MR) is 33.0 cm³/mol. The molecule has 0 heterocycles. The molecule has 9 heavy (non-hydrogen) atoms. The molecule has 0 radical (unpaired) electrons. The molecule has 0 atom stereocenters. The highest BCUT2D eigenvalue weighted by molar-refractivity contribution is 5.13. The van der Waals surface area contributed by atoms with Crippen LogP contribution in [0.2, 0.25) is 0 Å². The minimum absolute atomic E-state index is 1.21. The fourth-order valence-corrected chi connectivity index (χ4v) is 0.232. The lowest BCUT2D eigenvalue weighted by Gasteiger charge is -1.58. The summed E-state index contributed by atoms with van der Waals surface area (Å²) in [6.07, 6.45) is 5.51. The summed E-state index contributed by atoms with van der Waals surface area (Å²) in [5.74, 6) is 0. The molecule has 42 valence electrons. The number of hydrogen-bond acceptors (Lipinski definition) is 2. The van der Waals surface area contributed by atoms with Gasteiger partial charge in [-0.05, 0) is 12.2 Å². The highest BCUT2D eigenvalue weighted by atomic mass is 14.2. The van der Waals surface area contributed by atoms with Crippen molar-refractivity contribution in [2.75, 3.05) is 0 Å². The molecule has 0 aromatic carbocycles. The molecule has 0 aromatic rings. The van der Waals surface area contributed by atoms with Crippen LogP contribution in [0.4, 0.5) is 0 Å². The number of nitriles is 2. The number of allylic oxidation sites excluding steroid dienone is 3. The third-order valence-electron chi connectivity index (χ3n) is 0.511. The molecular formula is C7H4N2. The predicted octanol–water partition coefficient (Wildman–Crippen LogP) is 1.30. The van der Waals surface area contributed by atoms with E-state index in [2.05, 4.69) is 5.73 Å². The molecule has 0 saturated heterocycles. The standard InChI is InChI=1S/C7H4N2/c8-6-4-2-1-3-5-7-9/h1-2,4-5H. The molecule has 2 nitrogen and oxygen atoms in total. The van der Waals surface area contributed by atoms with Gasteiger partial charge in [0.2, 0.25) is 0 Å². The summed E-state index contributed by atoms with van der Waals surface area (Å²) < 4.78 is 0. The zero-order valence-corrected chi connectivity index (χ0v) is 4.70. The van der Waals surface area contributed by atoms with E-state index in [1.54, 1.807) is 12.1 Å². The van der Waals surface area contributed by atoms with E-state index in [0.717, 1.165) is 0 Å². The van der Waals surface area contributed by atoms with Crippen LogP contribution in [0, 0.1) is 22.7 Å². The van der Waals surface area contributed by atoms with Gasteiger partial charge in [-0.2, -0.15) is 10.5 Å². The summed E-state index contributed by atoms with van der Waals surface area (Å²) in [5, 5.41) is 15.9. The summed E-state index contributed by atoms with van der Waals surface area (Å²) in [5.41, 5.74) is 2.52. The van der Waals surface area contributed by atoms with Crippen molar-refractivity contribution >= 4 is 0 Å². The molecule has 0 rings (SSSR count). The van der Waals surface area contributed by atoms with E-state index in [9.17, 15) is 0 Å². The van der Waals surface area contributed by atoms with E-state index >= 15 is 0 Å². The van der Waals surface area contributed by atoms with Gasteiger partial charge in [0.1, 0.15) is 0 Å². The Labute approximate surface area is 53.6 Å². The van der Waals surface area contributed by atoms with Gasteiger partial charge in [0.25, 0.3) is 0 Å². The van der Waals surface area contributed by atoms with E-state index in [4.69, 9.17) is 10.5 Å². The molecule has 0 unspecified atom stereocenters. The van der Waals surface area contributed by atoms with Crippen LogP contribution in [0.15, 0.2) is 30.0 Å². The van der Waals surface area contributed by atoms with Gasteiger partial charge in [-0.3, -0.25) is 0 Å². The molecule has 0 aliphatic heterocycles. The van der Waals surface area contributed by atoms with Gasteiger partial charge in [0, 0.05) is 6.08 Å². The van der Waals surface area contributed by atoms with E-state index in [0.29, 0.717) is 0 Å². The third-order valence-corrected chi connectivity index (χ3v) is 0.511. The lowest BCUT2D eigenvalue weighted by atomic mass is 10.5. The van der Waals surface area contributed by atoms with Crippen molar-refractivity contribution in [2.24, 2.45) is 0 Å². The van der Waals surface area contributed by atoms with Crippen LogP contribution in [-0.2, 0) is 0 Å². The van der Waals surface area contributed by atoms with Crippen LogP contribution in [0.25, 0.3) is 0 Å². The highest BCUT2D eigenvalue weighted by Gasteiger charge is 1.56. The van der Waals surface area contributed by atoms with Crippen LogP contribution in [0.5, 0.6) is 0 Å². The summed E-state index contributed by atoms with van der Waals surface area (Å²) >= 11 is 0. The van der Waals surface area contributed by atoms with Crippen molar-refractivity contribution in [1.82, 2.24) is 0 Å². The first-order valence-corrected chi connectivity index (χ1v) is 2.27. The second-order valence-electron chi connectivity index (χ2n) is 1.09. The molecule has 0 amide bonds. The Morgan fingerprint density at radius 3 is 2.44 bits per heavy atom. The maximum atomic E-state index is 7.96. The zero-order valence-electron chi connectivity index (χ0n) is 4.70. The van der Waals surface area contributed by atoms with Gasteiger partial charge < -0.3 is 0 Å². The first kappa shape index (κ1) is 7.24. The SMILES string of the molecule is N#CC=C=CC=CC#N. The molecule has 2 heteroatoms. The highest BCUT2D eigenvalue weighted by Crippen LogP contribution is 1.70. The maximum absolute atomic E-state index is 7.96. The third kappa shape index (κ3) is 6.24. The van der Waals surface area contributed by atoms with Crippen molar-refractivity contribution < 1.29 is 0 Å². The van der Waals surface area contributed by atoms with Gasteiger partial charge in [0.05, 0.1) is 18.2 Å². The van der Waals surface area contributed by atoms with Gasteiger partial charge in [-0.1, -0.05) is 0 Å². The van der Waals surface area contributed by atoms with Crippen LogP contribution >= 0.6 is 0 Å². The van der Waals surface area contributed by atoms with Crippen LogP contribution in [0.1, 0.15) is 0 Å². The Balaban J connectivity index is 3.80. The Hall–Kier alpha value is -1.76. The Morgan fingerprint density at radius 1 is 1.11 bits per heavy atom. The summed E-state index contributed by atoms with van der Waals surface area (Å²) in [4.78, 5) is 0. The van der Waals surface area contributed by atoms with Crippen molar-refractivity contribution in [3.8, 4) is 12.1 Å². The van der Waals surface area contributed by atoms with Crippen molar-refractivity contribution in [3.63, 3.8) is 0 Å². The summed E-state index contributed by atoms with van der Waals surface area (Å²) in [6.45, 7) is 0. The molecular weight excluding hydrogens is 112 g/mol. The van der Waals surface area contributed by atoms with E-state index < -0.39 is 0 Å². The molecule has 0 aromatic heterocycles. The van der Waals surface area contributed by atoms with E-state index in [1.807, 2.05) is 0 Å². The molecule has 0 aliphatic carbocycles. The Kier molecular flexibility index (Phi) is 5.02. The topological polar surface area (TPSA) is 47.6 Å². The maximum Gasteiger partial charge on any atom is 0.0996 e. The number of hydrogen-bond donors (Lipinski definition) is 0. The van der Waals surface area contributed by atoms with Crippen molar-refractivity contribution in [3.05, 3.63) is 30.0 Å². The average Bonchev–Trinajstić information content (AvgIpc) is 1.89. The van der Waals surface area contributed by atoms with Gasteiger partial charge >= 0.3 is 0 Å². The first-order chi connectivity index (χ1) is 4.41. The van der Waals surface area contributed by atoms with E-state index in [1.165, 1.54) is 24.3 Å². The van der Waals surface area contributed by atoms with Crippen LogP contribution < -0.4 is 0 Å². The molecule has 0 saturated carbocycles. The van der Waals surface area contributed by atoms with Gasteiger partial charge in [-0.25, -0.2) is 0 Å². The van der Waals surface area contributed by atoms with E-state index in [-0.39, 0.29) is 0 Å². The smallest absolute Gasteiger partial charge is 0.0996 e. The number of rotatable bonds is 1. The Morgan fingerprint density at radius 2 is 1.89 bits per heavy atom. The Bertz CT molecular complexity index is 229.